The Kier molecular flexibility index (Phi) is 29.3. The average molecular weight is 1750 g/mol. The van der Waals surface area contributed by atoms with E-state index >= 15 is 0 Å². The van der Waals surface area contributed by atoms with E-state index in [0.717, 1.165) is 73.1 Å². The predicted octanol–water partition coefficient (Wildman–Crippen LogP) is 20.4. The van der Waals surface area contributed by atoms with Gasteiger partial charge < -0.3 is 75.3 Å². The van der Waals surface area contributed by atoms with E-state index in [4.69, 9.17) is 4.74 Å². The molecule has 0 amide bonds. The van der Waals surface area contributed by atoms with Gasteiger partial charge in [-0.3, -0.25) is 0 Å². The van der Waals surface area contributed by atoms with Gasteiger partial charge in [0, 0.05) is 129 Å². The van der Waals surface area contributed by atoms with Gasteiger partial charge in [-0.1, -0.05) is 18.2 Å². The zero-order valence-corrected chi connectivity index (χ0v) is 70.2. The molecule has 120 heavy (non-hydrogen) atoms. The topological polar surface area (TPSA) is 283 Å². The highest BCUT2D eigenvalue weighted by molar-refractivity contribution is 7.71. The first-order chi connectivity index (χ1) is 56.3. The molecule has 2 saturated heterocycles. The van der Waals surface area contributed by atoms with Crippen molar-refractivity contribution < 1.29 is 75.7 Å². The van der Waals surface area contributed by atoms with Gasteiger partial charge in [0.05, 0.1) is 13.2 Å². The summed E-state index contributed by atoms with van der Waals surface area (Å²) in [5, 5.41) is 25.8. The Morgan fingerprint density at radius 3 is 0.925 bits per heavy atom. The smallest absolute Gasteiger partial charge is 0.378 e. The SMILES string of the molecule is CC(C)Nc1nc(Nc2ccc(P(C)(C)=O)cc2)ncc1C(F)(F)F.CP(C)(=O)c1ccc(Nc2nc(Nc3ccc(N4CCOCC4)cc3)ncc2C(F)(F)F)cc1.CP(C)(=O)c1ccc(Nc2ncc(C(F)(F)F)c(N3CCCC3)n2)cc1.CP(C)(=O)c1ccc(Nc2ncc(C(F)(F)F)c(Nc3ccc(Nc4ccccc4)cc3)n2)cc1. The van der Waals surface area contributed by atoms with Crippen molar-refractivity contribution in [2.24, 2.45) is 0 Å². The Morgan fingerprint density at radius 2 is 0.600 bits per heavy atom. The molecule has 8 N–H and O–H groups in total. The molecule has 0 spiro atoms. The van der Waals surface area contributed by atoms with E-state index in [1.807, 2.05) is 54.6 Å². The van der Waals surface area contributed by atoms with Crippen LogP contribution in [0.4, 0.5) is 151 Å². The molecule has 0 aliphatic carbocycles. The lowest BCUT2D eigenvalue weighted by Gasteiger charge is -2.28. The van der Waals surface area contributed by atoms with Gasteiger partial charge in [-0.25, -0.2) is 19.9 Å². The zero-order valence-electron chi connectivity index (χ0n) is 66.6. The number of nitrogens with zero attached hydrogens (tertiary/aromatic N) is 10. The summed E-state index contributed by atoms with van der Waals surface area (Å²) in [6.07, 6.45) is -13.6. The van der Waals surface area contributed by atoms with Crippen molar-refractivity contribution in [3.63, 3.8) is 0 Å². The lowest BCUT2D eigenvalue weighted by molar-refractivity contribution is -0.138. The third kappa shape index (κ3) is 26.7. The summed E-state index contributed by atoms with van der Waals surface area (Å²) in [6, 6.07) is 50.5. The predicted molar refractivity (Wildman–Crippen MR) is 456 cm³/mol. The number of hydrogen-bond donors (Lipinski definition) is 8. The fourth-order valence-corrected chi connectivity index (χ4v) is 15.1. The molecule has 0 unspecified atom stereocenters. The number of anilines is 17. The van der Waals surface area contributed by atoms with Gasteiger partial charge in [-0.05, 0) is 238 Å². The van der Waals surface area contributed by atoms with Crippen LogP contribution in [0, 0.1) is 0 Å². The number of ether oxygens (including phenoxy) is 1. The molecule has 23 nitrogen and oxygen atoms in total. The summed E-state index contributed by atoms with van der Waals surface area (Å²) >= 11 is 0. The zero-order chi connectivity index (χ0) is 87.2. The quantitative estimate of drug-likeness (QED) is 0.0231. The molecule has 2 fully saturated rings. The second kappa shape index (κ2) is 38.5. The van der Waals surface area contributed by atoms with Crippen molar-refractivity contribution in [3.8, 4) is 0 Å². The van der Waals surface area contributed by atoms with Crippen LogP contribution >= 0.6 is 28.6 Å². The van der Waals surface area contributed by atoms with Gasteiger partial charge in [0.15, 0.2) is 0 Å². The molecule has 636 valence electrons. The maximum Gasteiger partial charge on any atom is 0.421 e. The van der Waals surface area contributed by atoms with Crippen molar-refractivity contribution in [2.45, 2.75) is 57.4 Å². The Balaban J connectivity index is 0.000000170. The molecular formula is C81H88F12N18O5P4. The molecule has 39 heteroatoms. The van der Waals surface area contributed by atoms with Crippen molar-refractivity contribution in [1.29, 1.82) is 0 Å². The van der Waals surface area contributed by atoms with E-state index in [1.165, 1.54) is 0 Å². The van der Waals surface area contributed by atoms with E-state index < -0.39 is 75.5 Å². The number of aromatic nitrogens is 8. The largest absolute Gasteiger partial charge is 0.421 e. The molecule has 2 aliphatic rings. The lowest BCUT2D eigenvalue weighted by Crippen LogP contribution is -2.36. The molecule has 0 atom stereocenters. The van der Waals surface area contributed by atoms with Crippen LogP contribution in [-0.2, 0) is 47.7 Å². The minimum Gasteiger partial charge on any atom is -0.378 e. The number of morpholine rings is 1. The van der Waals surface area contributed by atoms with Crippen molar-refractivity contribution in [1.82, 2.24) is 39.9 Å². The maximum absolute atomic E-state index is 13.6. The summed E-state index contributed by atoms with van der Waals surface area (Å²) in [6.45, 7) is 20.8. The molecule has 0 saturated carbocycles. The first-order valence-corrected chi connectivity index (χ1v) is 47.6. The summed E-state index contributed by atoms with van der Waals surface area (Å²) in [5.41, 5.74) is 2.26. The Morgan fingerprint density at radius 1 is 0.325 bits per heavy atom. The molecule has 2 aliphatic heterocycles. The number of nitrogens with one attached hydrogen (secondary N) is 8. The molecule has 13 rings (SSSR count). The van der Waals surface area contributed by atoms with E-state index in [9.17, 15) is 70.9 Å². The maximum atomic E-state index is 13.6. The molecule has 4 aromatic heterocycles. The van der Waals surface area contributed by atoms with Crippen molar-refractivity contribution >= 4 is 148 Å². The van der Waals surface area contributed by atoms with Crippen LogP contribution in [0.2, 0.25) is 0 Å². The van der Waals surface area contributed by atoms with E-state index in [2.05, 4.69) is 87.3 Å². The lowest BCUT2D eigenvalue weighted by atomic mass is 10.2. The fraction of sp³-hybridized carbons (Fsp3) is 0.284. The highest BCUT2D eigenvalue weighted by atomic mass is 31.2. The second-order valence-corrected chi connectivity index (χ2v) is 42.2. The number of halogens is 12. The monoisotopic (exact) mass is 1740 g/mol. The van der Waals surface area contributed by atoms with Crippen molar-refractivity contribution in [2.75, 3.05) is 145 Å². The normalized spacial score (nSPS) is 13.5. The van der Waals surface area contributed by atoms with Crippen LogP contribution in [0.5, 0.6) is 0 Å². The Bertz CT molecular complexity index is 5460. The van der Waals surface area contributed by atoms with Gasteiger partial charge in [-0.2, -0.15) is 72.6 Å². The summed E-state index contributed by atoms with van der Waals surface area (Å²) in [4.78, 5) is 35.3. The molecule has 11 aromatic rings. The first-order valence-electron chi connectivity index (χ1n) is 37.2. The van der Waals surface area contributed by atoms with Crippen LogP contribution in [-0.4, -0.2) is 139 Å². The molecule has 6 heterocycles. The number of alkyl halides is 12. The molecule has 7 aromatic carbocycles. The molecular weight excluding hydrogens is 1660 g/mol. The van der Waals surface area contributed by atoms with Crippen LogP contribution in [0.3, 0.4) is 0 Å². The van der Waals surface area contributed by atoms with E-state index in [-0.39, 0.29) is 53.1 Å². The second-order valence-electron chi connectivity index (χ2n) is 29.3. The highest BCUT2D eigenvalue weighted by Gasteiger charge is 2.40. The van der Waals surface area contributed by atoms with Gasteiger partial charge in [0.1, 0.15) is 74.1 Å². The van der Waals surface area contributed by atoms with Crippen LogP contribution in [0.15, 0.2) is 201 Å². The summed E-state index contributed by atoms with van der Waals surface area (Å²) in [7, 11) is -9.61. The molecule has 0 radical (unpaired) electrons. The summed E-state index contributed by atoms with van der Waals surface area (Å²) in [5.74, 6) is -0.951. The van der Waals surface area contributed by atoms with Gasteiger partial charge in [0.2, 0.25) is 23.8 Å². The number of hydrogen-bond acceptors (Lipinski definition) is 23. The van der Waals surface area contributed by atoms with Gasteiger partial charge >= 0.3 is 24.7 Å². The summed E-state index contributed by atoms with van der Waals surface area (Å²) < 4.78 is 214. The minimum atomic E-state index is -4.64. The standard InChI is InChI=1S/C25H23F3N5OP.C23H25F3N5O2P.C17H20F3N4OP.C16H20F3N4OP/c1-35(2,34)21-14-12-20(13-15-21)32-24-29-16-22(25(26,27)28)23(33-24)31-19-10-8-18(9-11-19)30-17-6-4-3-5-7-17;1-34(2,32)19-9-5-16(6-10-19)28-21-20(23(24,25)26)15-27-22(30-21)29-17-3-7-18(8-4-17)31-11-13-33-14-12-31;1-26(2,25)13-7-5-12(6-8-13)22-16-21-11-14(17(18,19)20)15(23-16)24-9-3-4-10-24;1-10(2)21-14-13(16(17,18)19)9-20-15(23-14)22-11-5-7-12(8-6-11)25(3,4)24/h3-16,30H,1-2H3,(H2,29,31,32,33);3-10,15H,11-14H2,1-2H3,(H2,27,28,29,30);5-8,11H,3-4,9-10H2,1-2H3,(H,21,22,23);5-10H,1-4H3,(H2,20,21,22,23). The average Bonchev–Trinajstić information content (AvgIpc) is 1.16. The number of benzene rings is 7. The number of para-hydroxylation sites is 1. The minimum absolute atomic E-state index is 0.00760. The van der Waals surface area contributed by atoms with Crippen molar-refractivity contribution in [3.05, 3.63) is 223 Å². The Hall–Kier alpha value is -11.1. The highest BCUT2D eigenvalue weighted by Crippen LogP contribution is 2.43. The molecule has 0 bridgehead atoms. The van der Waals surface area contributed by atoms with Crippen LogP contribution in [0.1, 0.15) is 48.9 Å². The van der Waals surface area contributed by atoms with Crippen LogP contribution < -0.4 is 73.6 Å². The first kappa shape index (κ1) is 91.2. The third-order valence-electron chi connectivity index (χ3n) is 17.9. The van der Waals surface area contributed by atoms with Crippen LogP contribution in [0.25, 0.3) is 0 Å². The third-order valence-corrected chi connectivity index (χ3v) is 24.1. The fourth-order valence-electron chi connectivity index (χ4n) is 11.6. The van der Waals surface area contributed by atoms with Gasteiger partial charge in [-0.15, -0.1) is 0 Å². The van der Waals surface area contributed by atoms with E-state index in [0.29, 0.717) is 76.3 Å². The number of rotatable bonds is 22. The van der Waals surface area contributed by atoms with Gasteiger partial charge in [0.25, 0.3) is 0 Å². The van der Waals surface area contributed by atoms with E-state index in [1.54, 1.807) is 193 Å². The Labute approximate surface area is 685 Å².